The van der Waals surface area contributed by atoms with E-state index in [0.717, 1.165) is 14.6 Å². The lowest BCUT2D eigenvalue weighted by Gasteiger charge is -2.32. The minimum atomic E-state index is -1.24. The van der Waals surface area contributed by atoms with Crippen LogP contribution in [-0.2, 0) is 14.3 Å². The number of carbonyl (C=O) groups excluding carboxylic acids is 2. The SMILES string of the molecule is CCOC(=O)[C@]1(C)C=C(Nc2ccc(Br)cc2)C(=O)N1c1ccc(Br)cc1. The number of rotatable bonds is 5. The minimum absolute atomic E-state index is 0.236. The quantitative estimate of drug-likeness (QED) is 0.603. The van der Waals surface area contributed by atoms with E-state index in [2.05, 4.69) is 37.2 Å². The molecule has 0 saturated carbocycles. The molecule has 0 saturated heterocycles. The van der Waals surface area contributed by atoms with Gasteiger partial charge in [-0.3, -0.25) is 9.69 Å². The van der Waals surface area contributed by atoms with Gasteiger partial charge in [0.1, 0.15) is 5.70 Å². The number of esters is 1. The van der Waals surface area contributed by atoms with Crippen LogP contribution >= 0.6 is 31.9 Å². The molecule has 1 N–H and O–H groups in total. The lowest BCUT2D eigenvalue weighted by atomic mass is 10.0. The summed E-state index contributed by atoms with van der Waals surface area (Å²) in [7, 11) is 0. The van der Waals surface area contributed by atoms with Crippen LogP contribution in [0, 0.1) is 0 Å². The van der Waals surface area contributed by atoms with Crippen LogP contribution in [0.3, 0.4) is 0 Å². The van der Waals surface area contributed by atoms with Crippen LogP contribution in [0.15, 0.2) is 69.2 Å². The van der Waals surface area contributed by atoms with Crippen LogP contribution in [0.25, 0.3) is 0 Å². The second-order valence-electron chi connectivity index (χ2n) is 6.17. The maximum atomic E-state index is 13.2. The van der Waals surface area contributed by atoms with Crippen molar-refractivity contribution < 1.29 is 14.3 Å². The first-order chi connectivity index (χ1) is 12.8. The lowest BCUT2D eigenvalue weighted by Crippen LogP contribution is -2.51. The number of nitrogens with one attached hydrogen (secondary N) is 1. The van der Waals surface area contributed by atoms with E-state index in [-0.39, 0.29) is 12.5 Å². The van der Waals surface area contributed by atoms with Gasteiger partial charge in [-0.15, -0.1) is 0 Å². The van der Waals surface area contributed by atoms with Gasteiger partial charge in [0.05, 0.1) is 6.61 Å². The molecule has 0 aromatic heterocycles. The van der Waals surface area contributed by atoms with Crippen molar-refractivity contribution in [3.63, 3.8) is 0 Å². The van der Waals surface area contributed by atoms with Crippen molar-refractivity contribution in [3.8, 4) is 0 Å². The zero-order valence-corrected chi connectivity index (χ0v) is 18.0. The molecule has 0 unspecified atom stereocenters. The van der Waals surface area contributed by atoms with E-state index >= 15 is 0 Å². The molecule has 0 fully saturated rings. The molecular weight excluding hydrogens is 476 g/mol. The average Bonchev–Trinajstić information content (AvgIpc) is 2.90. The highest BCUT2D eigenvalue weighted by molar-refractivity contribution is 9.10. The number of nitrogens with zero attached hydrogens (tertiary/aromatic N) is 1. The third-order valence-corrected chi connectivity index (χ3v) is 5.28. The largest absolute Gasteiger partial charge is 0.464 e. The summed E-state index contributed by atoms with van der Waals surface area (Å²) in [5.74, 6) is -0.773. The first kappa shape index (κ1) is 19.6. The Balaban J connectivity index is 1.99. The second kappa shape index (κ2) is 7.86. The third kappa shape index (κ3) is 3.94. The number of hydrogen-bond acceptors (Lipinski definition) is 4. The van der Waals surface area contributed by atoms with Crippen LogP contribution in [-0.4, -0.2) is 24.0 Å². The smallest absolute Gasteiger partial charge is 0.336 e. The topological polar surface area (TPSA) is 58.6 Å². The van der Waals surface area contributed by atoms with Crippen molar-refractivity contribution in [2.75, 3.05) is 16.8 Å². The summed E-state index contributed by atoms with van der Waals surface area (Å²) < 4.78 is 7.07. The first-order valence-electron chi connectivity index (χ1n) is 8.38. The fourth-order valence-corrected chi connectivity index (χ4v) is 3.45. The average molecular weight is 494 g/mol. The van der Waals surface area contributed by atoms with Crippen molar-refractivity contribution in [2.45, 2.75) is 19.4 Å². The highest BCUT2D eigenvalue weighted by Gasteiger charge is 2.49. The standard InChI is InChI=1S/C20H18Br2N2O3/c1-3-27-19(26)20(2)12-17(23-15-8-4-13(21)5-9-15)18(25)24(20)16-10-6-14(22)7-11-16/h4-12,23H,3H2,1-2H3/t20-/m0/s1. The molecule has 0 bridgehead atoms. The van der Waals surface area contributed by atoms with Gasteiger partial charge in [0.15, 0.2) is 5.54 Å². The molecular formula is C20H18Br2N2O3. The normalized spacial score (nSPS) is 19.0. The Morgan fingerprint density at radius 2 is 1.63 bits per heavy atom. The Hall–Kier alpha value is -2.12. The van der Waals surface area contributed by atoms with E-state index in [0.29, 0.717) is 11.4 Å². The molecule has 1 atom stereocenters. The van der Waals surface area contributed by atoms with E-state index in [1.165, 1.54) is 4.90 Å². The summed E-state index contributed by atoms with van der Waals surface area (Å²) >= 11 is 6.78. The Bertz CT molecular complexity index is 894. The van der Waals surface area contributed by atoms with Crippen LogP contribution in [0.4, 0.5) is 11.4 Å². The van der Waals surface area contributed by atoms with E-state index in [9.17, 15) is 9.59 Å². The summed E-state index contributed by atoms with van der Waals surface area (Å²) in [6.45, 7) is 3.66. The van der Waals surface area contributed by atoms with Gasteiger partial charge in [-0.1, -0.05) is 31.9 Å². The van der Waals surface area contributed by atoms with Crippen LogP contribution in [0.2, 0.25) is 0 Å². The fraction of sp³-hybridized carbons (Fsp3) is 0.200. The molecule has 1 aliphatic heterocycles. The zero-order chi connectivity index (χ0) is 19.6. The van der Waals surface area contributed by atoms with Gasteiger partial charge in [-0.05, 0) is 68.5 Å². The fourth-order valence-electron chi connectivity index (χ4n) is 2.92. The second-order valence-corrected chi connectivity index (χ2v) is 8.01. The zero-order valence-electron chi connectivity index (χ0n) is 14.8. The molecule has 27 heavy (non-hydrogen) atoms. The number of amides is 1. The van der Waals surface area contributed by atoms with E-state index in [1.54, 1.807) is 32.1 Å². The monoisotopic (exact) mass is 492 g/mol. The predicted molar refractivity (Wildman–Crippen MR) is 113 cm³/mol. The molecule has 5 nitrogen and oxygen atoms in total. The highest BCUT2D eigenvalue weighted by atomic mass is 79.9. The first-order valence-corrected chi connectivity index (χ1v) is 9.96. The van der Waals surface area contributed by atoms with Gasteiger partial charge in [-0.25, -0.2) is 4.79 Å². The maximum Gasteiger partial charge on any atom is 0.336 e. The maximum absolute atomic E-state index is 13.2. The van der Waals surface area contributed by atoms with Gasteiger partial charge in [-0.2, -0.15) is 0 Å². The summed E-state index contributed by atoms with van der Waals surface area (Å²) in [5, 5.41) is 3.11. The Morgan fingerprint density at radius 1 is 1.07 bits per heavy atom. The van der Waals surface area contributed by atoms with E-state index in [4.69, 9.17) is 4.74 Å². The lowest BCUT2D eigenvalue weighted by molar-refractivity contribution is -0.147. The summed E-state index contributed by atoms with van der Waals surface area (Å²) in [4.78, 5) is 27.3. The third-order valence-electron chi connectivity index (χ3n) is 4.22. The molecule has 1 aliphatic rings. The number of benzene rings is 2. The van der Waals surface area contributed by atoms with Gasteiger partial charge < -0.3 is 10.1 Å². The van der Waals surface area contributed by atoms with E-state index < -0.39 is 11.5 Å². The summed E-state index contributed by atoms with van der Waals surface area (Å²) in [6.07, 6.45) is 1.62. The number of halogens is 2. The van der Waals surface area contributed by atoms with Crippen LogP contribution in [0.5, 0.6) is 0 Å². The number of hydrogen-bond donors (Lipinski definition) is 1. The molecule has 2 aromatic rings. The molecule has 0 radical (unpaired) electrons. The molecule has 7 heteroatoms. The van der Waals surface area contributed by atoms with Gasteiger partial charge in [0.2, 0.25) is 0 Å². The predicted octanol–water partition coefficient (Wildman–Crippen LogP) is 4.88. The van der Waals surface area contributed by atoms with Gasteiger partial charge in [0, 0.05) is 20.3 Å². The van der Waals surface area contributed by atoms with Crippen molar-refractivity contribution in [1.29, 1.82) is 0 Å². The van der Waals surface area contributed by atoms with Crippen LogP contribution < -0.4 is 10.2 Å². The molecule has 3 rings (SSSR count). The molecule has 0 aliphatic carbocycles. The number of ether oxygens (including phenoxy) is 1. The molecule has 2 aromatic carbocycles. The highest BCUT2D eigenvalue weighted by Crippen LogP contribution is 2.35. The number of anilines is 2. The van der Waals surface area contributed by atoms with Crippen molar-refractivity contribution in [2.24, 2.45) is 0 Å². The summed E-state index contributed by atoms with van der Waals surface area (Å²) in [5.41, 5.74) is 0.457. The molecule has 1 amide bonds. The minimum Gasteiger partial charge on any atom is -0.464 e. The van der Waals surface area contributed by atoms with Crippen molar-refractivity contribution in [3.05, 3.63) is 69.2 Å². The Morgan fingerprint density at radius 3 is 2.19 bits per heavy atom. The number of carbonyl (C=O) groups is 2. The van der Waals surface area contributed by atoms with Gasteiger partial charge >= 0.3 is 5.97 Å². The van der Waals surface area contributed by atoms with Crippen LogP contribution in [0.1, 0.15) is 13.8 Å². The Kier molecular flexibility index (Phi) is 5.72. The van der Waals surface area contributed by atoms with E-state index in [1.807, 2.05) is 36.4 Å². The molecule has 140 valence electrons. The van der Waals surface area contributed by atoms with Crippen molar-refractivity contribution in [1.82, 2.24) is 0 Å². The Labute approximate surface area is 174 Å². The summed E-state index contributed by atoms with van der Waals surface area (Å²) in [6, 6.07) is 14.7. The molecule has 1 heterocycles. The molecule has 0 spiro atoms. The van der Waals surface area contributed by atoms with Crippen molar-refractivity contribution >= 4 is 55.1 Å². The van der Waals surface area contributed by atoms with Gasteiger partial charge in [0.25, 0.3) is 5.91 Å².